The van der Waals surface area contributed by atoms with Crippen molar-refractivity contribution in [2.45, 2.75) is 95.7 Å². The van der Waals surface area contributed by atoms with Gasteiger partial charge in [-0.2, -0.15) is 0 Å². The Morgan fingerprint density at radius 2 is 1.85 bits per heavy atom. The van der Waals surface area contributed by atoms with Crippen LogP contribution in [0.25, 0.3) is 0 Å². The molecule has 0 aromatic heterocycles. The number of unbranched alkanes of at least 4 members (excludes halogenated alkanes) is 4. The molecule has 3 unspecified atom stereocenters. The minimum Gasteiger partial charge on any atom is -0.367 e. The molecular formula is C23H35NO2. The first-order valence-electron chi connectivity index (χ1n) is 10.8. The van der Waals surface area contributed by atoms with Gasteiger partial charge >= 0.3 is 0 Å². The summed E-state index contributed by atoms with van der Waals surface area (Å²) in [6, 6.07) is 8.64. The van der Waals surface area contributed by atoms with Crippen LogP contribution in [0.4, 0.5) is 0 Å². The van der Waals surface area contributed by atoms with Crippen molar-refractivity contribution in [3.05, 3.63) is 35.4 Å². The van der Waals surface area contributed by atoms with Gasteiger partial charge in [0, 0.05) is 0 Å². The highest BCUT2D eigenvalue weighted by Gasteiger charge is 2.46. The summed E-state index contributed by atoms with van der Waals surface area (Å²) in [4.78, 5) is 11.5. The molecule has 0 radical (unpaired) electrons. The van der Waals surface area contributed by atoms with Crippen LogP contribution in [0.15, 0.2) is 24.3 Å². The standard InChI is InChI=1S/C23H35NO2/c1-2-3-4-5-9-14-18(17-12-7-6-8-13-17)19-15-10-11-16-20(19)21-22(26-21)23(24)25/h10-11,15-18,21-22H,2-9,12-14H2,1H3,(H2,24,25). The Bertz CT molecular complexity index is 579. The Kier molecular flexibility index (Phi) is 7.13. The topological polar surface area (TPSA) is 55.6 Å². The lowest BCUT2D eigenvalue weighted by Gasteiger charge is -2.32. The van der Waals surface area contributed by atoms with Crippen molar-refractivity contribution in [2.75, 3.05) is 0 Å². The maximum Gasteiger partial charge on any atom is 0.249 e. The summed E-state index contributed by atoms with van der Waals surface area (Å²) < 4.78 is 5.63. The van der Waals surface area contributed by atoms with Crippen LogP contribution in [0.1, 0.15) is 101 Å². The first-order chi connectivity index (χ1) is 12.7. The number of hydrogen-bond donors (Lipinski definition) is 1. The van der Waals surface area contributed by atoms with E-state index < -0.39 is 6.10 Å². The van der Waals surface area contributed by atoms with Crippen LogP contribution in [0.5, 0.6) is 0 Å². The number of nitrogens with two attached hydrogens (primary N) is 1. The molecule has 26 heavy (non-hydrogen) atoms. The molecule has 1 aliphatic heterocycles. The van der Waals surface area contributed by atoms with Crippen molar-refractivity contribution in [1.29, 1.82) is 0 Å². The number of hydrogen-bond acceptors (Lipinski definition) is 2. The van der Waals surface area contributed by atoms with Gasteiger partial charge in [-0.15, -0.1) is 0 Å². The molecule has 1 heterocycles. The molecule has 2 aliphatic rings. The highest BCUT2D eigenvalue weighted by atomic mass is 16.6. The van der Waals surface area contributed by atoms with Crippen molar-refractivity contribution >= 4 is 5.91 Å². The average Bonchev–Trinajstić information content (AvgIpc) is 3.47. The maximum atomic E-state index is 11.5. The summed E-state index contributed by atoms with van der Waals surface area (Å²) in [7, 11) is 0. The molecule has 1 aromatic rings. The molecule has 1 aliphatic carbocycles. The number of primary amides is 1. The molecule has 0 spiro atoms. The largest absolute Gasteiger partial charge is 0.367 e. The fourth-order valence-corrected chi connectivity index (χ4v) is 4.82. The normalized spacial score (nSPS) is 24.3. The predicted octanol–water partition coefficient (Wildman–Crippen LogP) is 5.64. The summed E-state index contributed by atoms with van der Waals surface area (Å²) in [5, 5.41) is 0. The zero-order chi connectivity index (χ0) is 18.4. The molecular weight excluding hydrogens is 322 g/mol. The number of benzene rings is 1. The van der Waals surface area contributed by atoms with E-state index >= 15 is 0 Å². The van der Waals surface area contributed by atoms with Gasteiger partial charge in [0.25, 0.3) is 0 Å². The molecule has 3 rings (SSSR count). The zero-order valence-electron chi connectivity index (χ0n) is 16.3. The molecule has 0 bridgehead atoms. The van der Waals surface area contributed by atoms with Gasteiger partial charge in [0.05, 0.1) is 0 Å². The highest BCUT2D eigenvalue weighted by molar-refractivity contribution is 5.82. The summed E-state index contributed by atoms with van der Waals surface area (Å²) >= 11 is 0. The monoisotopic (exact) mass is 357 g/mol. The number of carbonyl (C=O) groups is 1. The second-order valence-corrected chi connectivity index (χ2v) is 8.22. The minimum atomic E-state index is -0.423. The third-order valence-corrected chi connectivity index (χ3v) is 6.31. The van der Waals surface area contributed by atoms with E-state index in [9.17, 15) is 4.79 Å². The van der Waals surface area contributed by atoms with E-state index in [1.54, 1.807) is 0 Å². The van der Waals surface area contributed by atoms with Gasteiger partial charge in [-0.25, -0.2) is 0 Å². The fourth-order valence-electron chi connectivity index (χ4n) is 4.82. The molecule has 144 valence electrons. The van der Waals surface area contributed by atoms with E-state index in [4.69, 9.17) is 10.5 Å². The Morgan fingerprint density at radius 1 is 1.12 bits per heavy atom. The number of rotatable bonds is 10. The van der Waals surface area contributed by atoms with Gasteiger partial charge in [0.1, 0.15) is 6.10 Å². The van der Waals surface area contributed by atoms with Crippen LogP contribution in [-0.2, 0) is 9.53 Å². The fraction of sp³-hybridized carbons (Fsp3) is 0.696. The van der Waals surface area contributed by atoms with Gasteiger partial charge in [-0.3, -0.25) is 4.79 Å². The van der Waals surface area contributed by atoms with Crippen molar-refractivity contribution in [1.82, 2.24) is 0 Å². The van der Waals surface area contributed by atoms with Crippen LogP contribution in [0.3, 0.4) is 0 Å². The smallest absolute Gasteiger partial charge is 0.249 e. The summed E-state index contributed by atoms with van der Waals surface area (Å²) in [6.45, 7) is 2.27. The molecule has 2 fully saturated rings. The first-order valence-corrected chi connectivity index (χ1v) is 10.8. The summed E-state index contributed by atoms with van der Waals surface area (Å²) in [5.41, 5.74) is 8.09. The Hall–Kier alpha value is -1.35. The number of amides is 1. The van der Waals surface area contributed by atoms with Gasteiger partial charge < -0.3 is 10.5 Å². The number of carbonyl (C=O) groups excluding carboxylic acids is 1. The Morgan fingerprint density at radius 3 is 2.54 bits per heavy atom. The SMILES string of the molecule is CCCCCCCC(c1ccccc1C1OC1C(N)=O)C1CCCCC1. The van der Waals surface area contributed by atoms with Gasteiger partial charge in [-0.05, 0) is 42.2 Å². The molecule has 3 heteroatoms. The second-order valence-electron chi connectivity index (χ2n) is 8.22. The highest BCUT2D eigenvalue weighted by Crippen LogP contribution is 2.46. The van der Waals surface area contributed by atoms with Gasteiger partial charge in [0.2, 0.25) is 5.91 Å². The molecule has 2 N–H and O–H groups in total. The van der Waals surface area contributed by atoms with Crippen LogP contribution in [0, 0.1) is 5.92 Å². The first kappa shape index (κ1) is 19.4. The number of ether oxygens (including phenoxy) is 1. The van der Waals surface area contributed by atoms with E-state index in [1.807, 2.05) is 0 Å². The van der Waals surface area contributed by atoms with Crippen LogP contribution in [-0.4, -0.2) is 12.0 Å². The molecule has 3 atom stereocenters. The maximum absolute atomic E-state index is 11.5. The molecule has 1 amide bonds. The lowest BCUT2D eigenvalue weighted by Crippen LogP contribution is -2.20. The summed E-state index contributed by atoms with van der Waals surface area (Å²) in [6.07, 6.45) is 14.2. The lowest BCUT2D eigenvalue weighted by molar-refractivity contribution is -0.119. The molecule has 1 aromatic carbocycles. The Labute approximate surface area is 158 Å². The van der Waals surface area contributed by atoms with Gasteiger partial charge in [0.15, 0.2) is 6.10 Å². The molecule has 1 saturated carbocycles. The minimum absolute atomic E-state index is 0.116. The quantitative estimate of drug-likeness (QED) is 0.435. The van der Waals surface area contributed by atoms with Crippen molar-refractivity contribution in [2.24, 2.45) is 11.7 Å². The van der Waals surface area contributed by atoms with Crippen LogP contribution >= 0.6 is 0 Å². The third kappa shape index (κ3) is 4.88. The average molecular weight is 358 g/mol. The van der Waals surface area contributed by atoms with Crippen LogP contribution < -0.4 is 5.73 Å². The van der Waals surface area contributed by atoms with E-state index in [0.29, 0.717) is 5.92 Å². The molecule has 3 nitrogen and oxygen atoms in total. The van der Waals surface area contributed by atoms with E-state index in [2.05, 4.69) is 31.2 Å². The second kappa shape index (κ2) is 9.55. The van der Waals surface area contributed by atoms with Crippen molar-refractivity contribution in [3.63, 3.8) is 0 Å². The van der Waals surface area contributed by atoms with Crippen molar-refractivity contribution < 1.29 is 9.53 Å². The number of epoxide rings is 1. The van der Waals surface area contributed by atoms with E-state index in [1.165, 1.54) is 81.8 Å². The molecule has 1 saturated heterocycles. The predicted molar refractivity (Wildman–Crippen MR) is 106 cm³/mol. The Balaban J connectivity index is 1.74. The van der Waals surface area contributed by atoms with E-state index in [-0.39, 0.29) is 12.0 Å². The van der Waals surface area contributed by atoms with E-state index in [0.717, 1.165) is 5.92 Å². The zero-order valence-corrected chi connectivity index (χ0v) is 16.3. The third-order valence-electron chi connectivity index (χ3n) is 6.31. The van der Waals surface area contributed by atoms with Gasteiger partial charge in [-0.1, -0.05) is 82.6 Å². The summed E-state index contributed by atoms with van der Waals surface area (Å²) in [5.74, 6) is 1.05. The van der Waals surface area contributed by atoms with Crippen LogP contribution in [0.2, 0.25) is 0 Å². The lowest BCUT2D eigenvalue weighted by atomic mass is 9.73. The van der Waals surface area contributed by atoms with Crippen molar-refractivity contribution in [3.8, 4) is 0 Å².